The highest BCUT2D eigenvalue weighted by Crippen LogP contribution is 2.31. The molecule has 5 nitrogen and oxygen atoms in total. The van der Waals surface area contributed by atoms with Crippen LogP contribution in [0.1, 0.15) is 19.3 Å². The summed E-state index contributed by atoms with van der Waals surface area (Å²) < 4.78 is 0. The molecule has 0 spiro atoms. The average molecular weight is 322 g/mol. The van der Waals surface area contributed by atoms with Gasteiger partial charge in [-0.15, -0.1) is 0 Å². The number of nitrogens with zero attached hydrogens (tertiary/aromatic N) is 1. The molecule has 1 aliphatic carbocycles. The fraction of sp³-hybridized carbons (Fsp3) is 0.500. The third kappa shape index (κ3) is 3.25. The summed E-state index contributed by atoms with van der Waals surface area (Å²) in [6.07, 6.45) is 2.82. The summed E-state index contributed by atoms with van der Waals surface area (Å²) in [5, 5.41) is 3.45. The lowest BCUT2D eigenvalue weighted by molar-refractivity contribution is -0.132. The van der Waals surface area contributed by atoms with Gasteiger partial charge in [-0.1, -0.05) is 11.6 Å². The molecule has 0 aromatic heterocycles. The molecule has 1 aromatic carbocycles. The van der Waals surface area contributed by atoms with Gasteiger partial charge >= 0.3 is 0 Å². The van der Waals surface area contributed by atoms with Crippen LogP contribution in [0.4, 0.5) is 5.69 Å². The minimum absolute atomic E-state index is 0.00724. The molecule has 2 aliphatic rings. The summed E-state index contributed by atoms with van der Waals surface area (Å²) in [7, 11) is 0. The van der Waals surface area contributed by atoms with Gasteiger partial charge in [-0.25, -0.2) is 0 Å². The van der Waals surface area contributed by atoms with E-state index in [4.69, 9.17) is 17.3 Å². The molecule has 22 heavy (non-hydrogen) atoms. The van der Waals surface area contributed by atoms with Crippen molar-refractivity contribution in [2.75, 3.05) is 18.0 Å². The van der Waals surface area contributed by atoms with E-state index in [-0.39, 0.29) is 17.9 Å². The Morgan fingerprint density at radius 2 is 2.00 bits per heavy atom. The first-order valence-electron chi connectivity index (χ1n) is 7.66. The van der Waals surface area contributed by atoms with Gasteiger partial charge in [-0.3, -0.25) is 9.59 Å². The van der Waals surface area contributed by atoms with Crippen molar-refractivity contribution in [3.05, 3.63) is 29.3 Å². The Labute approximate surface area is 134 Å². The van der Waals surface area contributed by atoms with Crippen molar-refractivity contribution in [2.24, 2.45) is 17.6 Å². The van der Waals surface area contributed by atoms with E-state index in [1.807, 2.05) is 0 Å². The predicted octanol–water partition coefficient (Wildman–Crippen LogP) is 1.55. The molecule has 2 unspecified atom stereocenters. The van der Waals surface area contributed by atoms with Crippen LogP contribution in [0.25, 0.3) is 0 Å². The van der Waals surface area contributed by atoms with E-state index >= 15 is 0 Å². The first-order valence-corrected chi connectivity index (χ1v) is 8.04. The lowest BCUT2D eigenvalue weighted by Crippen LogP contribution is -2.43. The highest BCUT2D eigenvalue weighted by Gasteiger charge is 2.38. The molecule has 2 amide bonds. The van der Waals surface area contributed by atoms with Crippen LogP contribution in [0.5, 0.6) is 0 Å². The molecule has 1 saturated carbocycles. The number of rotatable bonds is 5. The van der Waals surface area contributed by atoms with Crippen molar-refractivity contribution in [1.29, 1.82) is 0 Å². The maximum atomic E-state index is 12.4. The largest absolute Gasteiger partial charge is 0.354 e. The molecule has 0 radical (unpaired) electrons. The molecule has 1 aromatic rings. The van der Waals surface area contributed by atoms with Crippen LogP contribution < -0.4 is 16.0 Å². The van der Waals surface area contributed by atoms with Crippen LogP contribution in [0.15, 0.2) is 24.3 Å². The third-order valence-corrected chi connectivity index (χ3v) is 4.65. The van der Waals surface area contributed by atoms with Gasteiger partial charge in [-0.2, -0.15) is 0 Å². The van der Waals surface area contributed by atoms with Gasteiger partial charge in [0.15, 0.2) is 0 Å². The molecule has 2 atom stereocenters. The number of halogens is 1. The Morgan fingerprint density at radius 3 is 2.64 bits per heavy atom. The Morgan fingerprint density at radius 1 is 1.32 bits per heavy atom. The van der Waals surface area contributed by atoms with Crippen LogP contribution in [0, 0.1) is 11.8 Å². The maximum absolute atomic E-state index is 12.4. The van der Waals surface area contributed by atoms with E-state index in [2.05, 4.69) is 5.32 Å². The summed E-state index contributed by atoms with van der Waals surface area (Å²) in [6, 6.07) is 7.08. The molecule has 3 N–H and O–H groups in total. The first kappa shape index (κ1) is 15.3. The van der Waals surface area contributed by atoms with E-state index < -0.39 is 5.92 Å². The predicted molar refractivity (Wildman–Crippen MR) is 85.6 cm³/mol. The van der Waals surface area contributed by atoms with Crippen LogP contribution in [0.3, 0.4) is 0 Å². The lowest BCUT2D eigenvalue weighted by atomic mass is 10.1. The van der Waals surface area contributed by atoms with Crippen molar-refractivity contribution >= 4 is 29.1 Å². The highest BCUT2D eigenvalue weighted by atomic mass is 35.5. The Hall–Kier alpha value is -1.59. The van der Waals surface area contributed by atoms with Crippen molar-refractivity contribution in [3.63, 3.8) is 0 Å². The molecular weight excluding hydrogens is 302 g/mol. The van der Waals surface area contributed by atoms with Crippen molar-refractivity contribution in [1.82, 2.24) is 5.32 Å². The summed E-state index contributed by atoms with van der Waals surface area (Å²) in [6.45, 7) is 1.00. The minimum atomic E-state index is -0.609. The SMILES string of the molecule is NC(CNC(=O)C1CCN(c2ccc(Cl)cc2)C1=O)C1CC1. The number of nitrogens with two attached hydrogens (primary N) is 1. The van der Waals surface area contributed by atoms with Crippen LogP contribution in [0.2, 0.25) is 5.02 Å². The Kier molecular flexibility index (Phi) is 4.36. The van der Waals surface area contributed by atoms with Crippen LogP contribution in [-0.4, -0.2) is 30.9 Å². The number of hydrogen-bond donors (Lipinski definition) is 2. The molecule has 3 rings (SSSR count). The quantitative estimate of drug-likeness (QED) is 0.808. The number of nitrogens with one attached hydrogen (secondary N) is 1. The Bertz CT molecular complexity index is 571. The van der Waals surface area contributed by atoms with E-state index in [0.29, 0.717) is 30.5 Å². The molecular formula is C16H20ClN3O2. The van der Waals surface area contributed by atoms with Gasteiger partial charge in [0, 0.05) is 29.8 Å². The summed E-state index contributed by atoms with van der Waals surface area (Å²) >= 11 is 5.86. The zero-order valence-electron chi connectivity index (χ0n) is 12.3. The average Bonchev–Trinajstić information content (AvgIpc) is 3.29. The number of carbonyl (C=O) groups is 2. The van der Waals surface area contributed by atoms with Gasteiger partial charge in [0.25, 0.3) is 0 Å². The number of carbonyl (C=O) groups excluding carboxylic acids is 2. The number of anilines is 1. The molecule has 1 aliphatic heterocycles. The van der Waals surface area contributed by atoms with E-state index in [1.165, 1.54) is 0 Å². The molecule has 0 bridgehead atoms. The molecule has 2 fully saturated rings. The van der Waals surface area contributed by atoms with Crippen molar-refractivity contribution < 1.29 is 9.59 Å². The molecule has 6 heteroatoms. The van der Waals surface area contributed by atoms with Gasteiger partial charge < -0.3 is 16.0 Å². The number of benzene rings is 1. The second kappa shape index (κ2) is 6.26. The zero-order valence-corrected chi connectivity index (χ0v) is 13.1. The molecule has 118 valence electrons. The zero-order chi connectivity index (χ0) is 15.7. The van der Waals surface area contributed by atoms with E-state index in [0.717, 1.165) is 18.5 Å². The van der Waals surface area contributed by atoms with Gasteiger partial charge in [0.1, 0.15) is 5.92 Å². The summed E-state index contributed by atoms with van der Waals surface area (Å²) in [4.78, 5) is 26.3. The van der Waals surface area contributed by atoms with E-state index in [9.17, 15) is 9.59 Å². The van der Waals surface area contributed by atoms with Crippen molar-refractivity contribution in [2.45, 2.75) is 25.3 Å². The van der Waals surface area contributed by atoms with E-state index in [1.54, 1.807) is 29.2 Å². The van der Waals surface area contributed by atoms with Gasteiger partial charge in [0.05, 0.1) is 0 Å². The topological polar surface area (TPSA) is 75.4 Å². The molecule has 1 heterocycles. The van der Waals surface area contributed by atoms with Gasteiger partial charge in [0.2, 0.25) is 11.8 Å². The maximum Gasteiger partial charge on any atom is 0.239 e. The fourth-order valence-corrected chi connectivity index (χ4v) is 2.96. The summed E-state index contributed by atoms with van der Waals surface area (Å²) in [5.41, 5.74) is 6.75. The normalized spacial score (nSPS) is 22.7. The summed E-state index contributed by atoms with van der Waals surface area (Å²) in [5.74, 6) is -0.440. The smallest absolute Gasteiger partial charge is 0.239 e. The minimum Gasteiger partial charge on any atom is -0.354 e. The number of hydrogen-bond acceptors (Lipinski definition) is 3. The van der Waals surface area contributed by atoms with Gasteiger partial charge in [-0.05, 0) is 49.4 Å². The third-order valence-electron chi connectivity index (χ3n) is 4.40. The van der Waals surface area contributed by atoms with Crippen LogP contribution in [-0.2, 0) is 9.59 Å². The highest BCUT2D eigenvalue weighted by molar-refractivity contribution is 6.30. The second-order valence-corrected chi connectivity index (χ2v) is 6.49. The first-order chi connectivity index (χ1) is 10.6. The van der Waals surface area contributed by atoms with Crippen LogP contribution >= 0.6 is 11.6 Å². The molecule has 1 saturated heterocycles. The lowest BCUT2D eigenvalue weighted by Gasteiger charge is -2.17. The second-order valence-electron chi connectivity index (χ2n) is 6.05. The fourth-order valence-electron chi connectivity index (χ4n) is 2.83. The number of amides is 2. The Balaban J connectivity index is 1.57. The monoisotopic (exact) mass is 321 g/mol. The standard InChI is InChI=1S/C16H20ClN3O2/c17-11-3-5-12(6-4-11)20-8-7-13(16(20)22)15(21)19-9-14(18)10-1-2-10/h3-6,10,13-14H,1-2,7-9,18H2,(H,19,21). The van der Waals surface area contributed by atoms with Crippen molar-refractivity contribution in [3.8, 4) is 0 Å².